The van der Waals surface area contributed by atoms with Gasteiger partial charge in [-0.05, 0) is 148 Å². The molecule has 0 radical (unpaired) electrons. The summed E-state index contributed by atoms with van der Waals surface area (Å²) in [6.45, 7) is 17.1. The first-order valence-corrected chi connectivity index (χ1v) is 24.9. The van der Waals surface area contributed by atoms with Gasteiger partial charge in [0.25, 0.3) is 0 Å². The maximum atomic E-state index is 15.6. The summed E-state index contributed by atoms with van der Waals surface area (Å²) in [5.41, 5.74) is -0.506. The normalized spacial score (nSPS) is 46.7. The largest absolute Gasteiger partial charge is 1.00 e. The second-order valence-electron chi connectivity index (χ2n) is 24.5. The number of hydrogen-bond donors (Lipinski definition) is 2. The predicted molar refractivity (Wildman–Crippen MR) is 240 cm³/mol. The van der Waals surface area contributed by atoms with Crippen molar-refractivity contribution in [2.75, 3.05) is 9.80 Å². The van der Waals surface area contributed by atoms with E-state index in [0.717, 1.165) is 38.5 Å². The van der Waals surface area contributed by atoms with Gasteiger partial charge in [-0.15, -0.1) is 0 Å². The van der Waals surface area contributed by atoms with E-state index in [-0.39, 0.29) is 111 Å². The molecule has 1 aromatic carbocycles. The van der Waals surface area contributed by atoms with E-state index in [4.69, 9.17) is 0 Å². The minimum atomic E-state index is -0.848. The molecule has 11 heteroatoms. The molecule has 13 rings (SSSR count). The van der Waals surface area contributed by atoms with Gasteiger partial charge in [0.05, 0.1) is 45.9 Å². The molecule has 8 fully saturated rings. The van der Waals surface area contributed by atoms with E-state index < -0.39 is 57.3 Å². The van der Waals surface area contributed by atoms with E-state index in [1.165, 1.54) is 20.9 Å². The van der Waals surface area contributed by atoms with Gasteiger partial charge in [-0.2, -0.15) is 0 Å². The number of carbonyl (C=O) groups excluding carboxylic acids is 4. The minimum absolute atomic E-state index is 0. The molecule has 2 N–H and O–H groups in total. The number of nitrogens with zero attached hydrogens (tertiary/aromatic N) is 2. The van der Waals surface area contributed by atoms with Gasteiger partial charge >= 0.3 is 41.5 Å². The van der Waals surface area contributed by atoms with Gasteiger partial charge in [0.2, 0.25) is 23.6 Å². The Morgan fingerprint density at radius 1 is 0.569 bits per heavy atom. The first kappa shape index (κ1) is 45.7. The Morgan fingerprint density at radius 2 is 0.938 bits per heavy atom. The Morgan fingerprint density at radius 3 is 1.28 bits per heavy atom. The Kier molecular flexibility index (Phi) is 10.2. The van der Waals surface area contributed by atoms with Crippen molar-refractivity contribution in [2.45, 2.75) is 132 Å². The Bertz CT molecular complexity index is 2240. The third-order valence-electron chi connectivity index (χ3n) is 21.7. The fourth-order valence-electron chi connectivity index (χ4n) is 19.2. The summed E-state index contributed by atoms with van der Waals surface area (Å²) in [5.74, 6) is -4.86. The number of aliphatic carboxylic acids is 2. The fraction of sp³-hybridized carbons (Fsp3) is 0.704. The molecule has 10 aliphatic carbocycles. The summed E-state index contributed by atoms with van der Waals surface area (Å²) in [6, 6.07) is 7.06. The number of para-hydroxylation sites is 2. The first-order valence-electron chi connectivity index (χ1n) is 24.9. The van der Waals surface area contributed by atoms with Crippen LogP contribution < -0.4 is 39.4 Å². The van der Waals surface area contributed by atoms with Crippen molar-refractivity contribution in [3.05, 3.63) is 47.6 Å². The van der Waals surface area contributed by atoms with Crippen LogP contribution in [0.1, 0.15) is 132 Å². The second kappa shape index (κ2) is 14.5. The van der Waals surface area contributed by atoms with Crippen LogP contribution in [0, 0.1) is 104 Å². The Hall–Kier alpha value is -3.08. The van der Waals surface area contributed by atoms with Crippen LogP contribution in [0.2, 0.25) is 0 Å². The molecule has 2 spiro atoms. The van der Waals surface area contributed by atoms with E-state index in [1.54, 1.807) is 24.3 Å². The van der Waals surface area contributed by atoms with Crippen LogP contribution in [0.15, 0.2) is 47.6 Å². The van der Waals surface area contributed by atoms with Crippen LogP contribution >= 0.6 is 0 Å². The average Bonchev–Trinajstić information content (AvgIpc) is 3.69. The van der Waals surface area contributed by atoms with Crippen molar-refractivity contribution >= 4 is 46.9 Å². The smallest absolute Gasteiger partial charge is 0.481 e. The summed E-state index contributed by atoms with van der Waals surface area (Å²) in [6.07, 6.45) is 13.6. The number of benzene rings is 1. The predicted octanol–water partition coefficient (Wildman–Crippen LogP) is 6.72. The molecule has 2 aliphatic heterocycles. The number of anilines is 2. The van der Waals surface area contributed by atoms with Crippen LogP contribution in [0.5, 0.6) is 0 Å². The summed E-state index contributed by atoms with van der Waals surface area (Å²) in [7, 11) is 0. The number of imide groups is 2. The van der Waals surface area contributed by atoms with Crippen molar-refractivity contribution in [2.24, 2.45) is 104 Å². The maximum absolute atomic E-state index is 15.6. The molecule has 0 aromatic heterocycles. The van der Waals surface area contributed by atoms with Gasteiger partial charge in [0, 0.05) is 10.8 Å². The monoisotopic (exact) mass is 895 g/mol. The third kappa shape index (κ3) is 5.40. The molecular weight excluding hydrogens is 828 g/mol. The zero-order chi connectivity index (χ0) is 45.6. The molecule has 2 heterocycles. The molecule has 12 aliphatic rings. The van der Waals surface area contributed by atoms with Crippen molar-refractivity contribution in [3.8, 4) is 0 Å². The SMILES string of the molecule is CC(C)C1=CC23CCC4C(C)(C(=O)O)CCCC4(C)C2CC1C1C(=O)N(c2ccccc2N2C(=O)C4C5CC6C7(C)CCCC(C)(C(=O)O)C7CCC6(C=C5C(C)C)C4C2=O)C(=O)C13.[Na+]. The fourth-order valence-corrected chi connectivity index (χ4v) is 19.2. The zero-order valence-corrected chi connectivity index (χ0v) is 42.1. The number of amides is 4. The van der Waals surface area contributed by atoms with Gasteiger partial charge < -0.3 is 10.2 Å². The molecule has 342 valence electrons. The molecule has 16 atom stereocenters. The van der Waals surface area contributed by atoms with Crippen molar-refractivity contribution < 1.29 is 68.5 Å². The average molecular weight is 896 g/mol. The van der Waals surface area contributed by atoms with E-state index in [9.17, 15) is 19.8 Å². The molecule has 16 unspecified atom stereocenters. The first-order chi connectivity index (χ1) is 30.1. The van der Waals surface area contributed by atoms with Gasteiger partial charge in [-0.25, -0.2) is 9.80 Å². The van der Waals surface area contributed by atoms with Crippen molar-refractivity contribution in [3.63, 3.8) is 0 Å². The Labute approximate surface area is 406 Å². The number of carboxylic acids is 2. The third-order valence-corrected chi connectivity index (χ3v) is 21.7. The molecular formula is C54H68N2NaO8+. The summed E-state index contributed by atoms with van der Waals surface area (Å²) in [4.78, 5) is 90.5. The minimum Gasteiger partial charge on any atom is -0.481 e. The van der Waals surface area contributed by atoms with E-state index in [2.05, 4.69) is 53.7 Å². The van der Waals surface area contributed by atoms with Gasteiger partial charge in [-0.1, -0.05) is 89.8 Å². The number of rotatable bonds is 6. The summed E-state index contributed by atoms with van der Waals surface area (Å²) < 4.78 is 0. The van der Waals surface area contributed by atoms with Crippen LogP contribution in [0.4, 0.5) is 11.4 Å². The molecule has 1 aromatic rings. The van der Waals surface area contributed by atoms with Crippen LogP contribution in [0.25, 0.3) is 0 Å². The summed E-state index contributed by atoms with van der Waals surface area (Å²) in [5, 5.41) is 21.3. The van der Waals surface area contributed by atoms with Gasteiger partial charge in [0.1, 0.15) is 0 Å². The van der Waals surface area contributed by atoms with Gasteiger partial charge in [-0.3, -0.25) is 28.8 Å². The van der Waals surface area contributed by atoms with Crippen molar-refractivity contribution in [1.82, 2.24) is 0 Å². The summed E-state index contributed by atoms with van der Waals surface area (Å²) >= 11 is 0. The molecule has 4 amide bonds. The number of hydrogen-bond acceptors (Lipinski definition) is 6. The van der Waals surface area contributed by atoms with E-state index in [1.807, 2.05) is 13.8 Å². The van der Waals surface area contributed by atoms with Crippen LogP contribution in [-0.2, 0) is 28.8 Å². The van der Waals surface area contributed by atoms with Gasteiger partial charge in [0.15, 0.2) is 0 Å². The molecule has 10 nitrogen and oxygen atoms in total. The number of fused-ring (bicyclic) bond motifs is 2. The molecule has 65 heavy (non-hydrogen) atoms. The standard InChI is InChI=1S/C54H68N2O8.Na/c1-27(2)31-25-53-21-15-35-49(5,17-11-19-51(35,7)47(61)62)37(53)23-29(31)39-41(53)45(59)55(43(39)57)33-13-9-10-14-34(33)56-44(58)40-30-24-38-50(6)18-12-20-52(8,48(63)64)36(50)16-22-54(38,42(40)46(56)60)26-32(30)28(3)4;/h9-10,13-14,25-30,35-42H,11-12,15-24H2,1-8H3,(H,61,62)(H,63,64);/q;+1. The van der Waals surface area contributed by atoms with Crippen LogP contribution in [0.3, 0.4) is 0 Å². The van der Waals surface area contributed by atoms with E-state index in [0.29, 0.717) is 49.9 Å². The van der Waals surface area contributed by atoms with E-state index >= 15 is 19.2 Å². The van der Waals surface area contributed by atoms with Crippen LogP contribution in [-0.4, -0.2) is 45.8 Å². The molecule has 2 saturated heterocycles. The number of carbonyl (C=O) groups is 6. The Balaban J connectivity index is 0.00000498. The molecule has 4 bridgehead atoms. The quantitative estimate of drug-likeness (QED) is 0.182. The molecule has 6 saturated carbocycles. The maximum Gasteiger partial charge on any atom is 1.00 e. The number of carboxylic acid groups (broad SMARTS) is 2. The second-order valence-corrected chi connectivity index (χ2v) is 24.5. The number of allylic oxidation sites excluding steroid dienone is 4. The zero-order valence-electron chi connectivity index (χ0n) is 40.1. The van der Waals surface area contributed by atoms with Crippen molar-refractivity contribution in [1.29, 1.82) is 0 Å². The topological polar surface area (TPSA) is 149 Å².